The molecule has 4 rings (SSSR count). The van der Waals surface area contributed by atoms with Crippen LogP contribution in [0.5, 0.6) is 0 Å². The van der Waals surface area contributed by atoms with Crippen LogP contribution in [0.15, 0.2) is 0 Å². The summed E-state index contributed by atoms with van der Waals surface area (Å²) < 4.78 is 0. The van der Waals surface area contributed by atoms with Gasteiger partial charge in [0.25, 0.3) is 0 Å². The Kier molecular flexibility index (Phi) is 5.71. The highest BCUT2D eigenvalue weighted by molar-refractivity contribution is 5.09. The normalized spacial score (nSPS) is 50.6. The molecule has 156 valence electrons. The van der Waals surface area contributed by atoms with E-state index in [9.17, 15) is 10.2 Å². The van der Waals surface area contributed by atoms with Crippen LogP contribution in [0, 0.1) is 40.4 Å². The van der Waals surface area contributed by atoms with Crippen LogP contribution in [0.25, 0.3) is 0 Å². The predicted molar refractivity (Wildman–Crippen MR) is 111 cm³/mol. The maximum atomic E-state index is 10.2. The van der Waals surface area contributed by atoms with E-state index in [2.05, 4.69) is 20.8 Å². The molecule has 9 atom stereocenters. The van der Waals surface area contributed by atoms with E-state index in [0.717, 1.165) is 55.3 Å². The molecule has 0 saturated heterocycles. The first-order chi connectivity index (χ1) is 12.9. The van der Waals surface area contributed by atoms with Crippen molar-refractivity contribution in [1.29, 1.82) is 0 Å². The minimum absolute atomic E-state index is 0.0252. The summed E-state index contributed by atoms with van der Waals surface area (Å²) in [5.41, 5.74) is 1.07. The van der Waals surface area contributed by atoms with Crippen molar-refractivity contribution in [2.75, 3.05) is 0 Å². The first-order valence-corrected chi connectivity index (χ1v) is 12.2. The van der Waals surface area contributed by atoms with Crippen LogP contribution in [0.3, 0.4) is 0 Å². The number of rotatable bonds is 5. The van der Waals surface area contributed by atoms with Crippen LogP contribution in [-0.4, -0.2) is 22.4 Å². The van der Waals surface area contributed by atoms with Crippen LogP contribution in [-0.2, 0) is 0 Å². The highest BCUT2D eigenvalue weighted by Crippen LogP contribution is 2.67. The fourth-order valence-electron chi connectivity index (χ4n) is 8.62. The number of hydrogen-bond donors (Lipinski definition) is 2. The quantitative estimate of drug-likeness (QED) is 0.622. The summed E-state index contributed by atoms with van der Waals surface area (Å²) in [5, 5.41) is 20.1. The van der Waals surface area contributed by atoms with Gasteiger partial charge >= 0.3 is 0 Å². The Hall–Kier alpha value is -0.0800. The highest BCUT2D eigenvalue weighted by atomic mass is 16.3. The molecular formula is C25H44O2. The molecule has 2 N–H and O–H groups in total. The van der Waals surface area contributed by atoms with Gasteiger partial charge in [0.1, 0.15) is 0 Å². The van der Waals surface area contributed by atoms with E-state index in [0.29, 0.717) is 10.8 Å². The molecule has 0 aromatic rings. The van der Waals surface area contributed by atoms with Gasteiger partial charge in [-0.1, -0.05) is 27.2 Å². The summed E-state index contributed by atoms with van der Waals surface area (Å²) in [5.74, 6) is 4.49. The Bertz CT molecular complexity index is 518. The van der Waals surface area contributed by atoms with Crippen molar-refractivity contribution < 1.29 is 10.2 Å². The lowest BCUT2D eigenvalue weighted by atomic mass is 9.44. The van der Waals surface area contributed by atoms with E-state index in [-0.39, 0.29) is 12.2 Å². The van der Waals surface area contributed by atoms with Gasteiger partial charge < -0.3 is 10.2 Å². The Morgan fingerprint density at radius 1 is 0.926 bits per heavy atom. The largest absolute Gasteiger partial charge is 0.393 e. The molecule has 0 aromatic carbocycles. The van der Waals surface area contributed by atoms with Crippen LogP contribution in [0.4, 0.5) is 0 Å². The molecule has 0 heterocycles. The van der Waals surface area contributed by atoms with Crippen molar-refractivity contribution in [2.24, 2.45) is 40.4 Å². The van der Waals surface area contributed by atoms with Crippen molar-refractivity contribution >= 4 is 0 Å². The summed E-state index contributed by atoms with van der Waals surface area (Å²) >= 11 is 0. The van der Waals surface area contributed by atoms with E-state index in [4.69, 9.17) is 0 Å². The Morgan fingerprint density at radius 2 is 1.67 bits per heavy atom. The zero-order chi connectivity index (χ0) is 19.2. The van der Waals surface area contributed by atoms with E-state index < -0.39 is 0 Å². The third-order valence-corrected chi connectivity index (χ3v) is 10.4. The predicted octanol–water partition coefficient (Wildman–Crippen LogP) is 5.95. The maximum absolute atomic E-state index is 10.2. The maximum Gasteiger partial charge on any atom is 0.0543 e. The number of hydrogen-bond acceptors (Lipinski definition) is 2. The Labute approximate surface area is 167 Å². The van der Waals surface area contributed by atoms with Gasteiger partial charge in [-0.25, -0.2) is 0 Å². The lowest BCUT2D eigenvalue weighted by Gasteiger charge is -2.61. The van der Waals surface area contributed by atoms with Gasteiger partial charge in [-0.05, 0) is 117 Å². The van der Waals surface area contributed by atoms with E-state index >= 15 is 0 Å². The summed E-state index contributed by atoms with van der Waals surface area (Å²) in [6.45, 7) is 7.34. The molecule has 0 spiro atoms. The second-order valence-electron chi connectivity index (χ2n) is 11.4. The SMILES string of the molecule is CCC(O)CCCC1CCC2[C@@H]3CCC4CC(O)CCC4(C)C3CC[C@]12C. The van der Waals surface area contributed by atoms with E-state index in [1.807, 2.05) is 0 Å². The topological polar surface area (TPSA) is 40.5 Å². The van der Waals surface area contributed by atoms with Crippen molar-refractivity contribution in [3.8, 4) is 0 Å². The highest BCUT2D eigenvalue weighted by Gasteiger charge is 2.59. The van der Waals surface area contributed by atoms with Crippen molar-refractivity contribution in [1.82, 2.24) is 0 Å². The van der Waals surface area contributed by atoms with E-state index in [1.165, 1.54) is 57.8 Å². The monoisotopic (exact) mass is 376 g/mol. The molecule has 0 bridgehead atoms. The number of fused-ring (bicyclic) bond motifs is 5. The molecular weight excluding hydrogens is 332 g/mol. The Morgan fingerprint density at radius 3 is 2.44 bits per heavy atom. The molecule has 0 radical (unpaired) electrons. The molecule has 2 heteroatoms. The third kappa shape index (κ3) is 3.41. The van der Waals surface area contributed by atoms with Gasteiger partial charge in [0.05, 0.1) is 12.2 Å². The summed E-state index contributed by atoms with van der Waals surface area (Å²) in [6, 6.07) is 0. The molecule has 27 heavy (non-hydrogen) atoms. The van der Waals surface area contributed by atoms with Crippen molar-refractivity contribution in [3.63, 3.8) is 0 Å². The summed E-state index contributed by atoms with van der Waals surface area (Å²) in [7, 11) is 0. The van der Waals surface area contributed by atoms with Crippen molar-refractivity contribution in [3.05, 3.63) is 0 Å². The summed E-state index contributed by atoms with van der Waals surface area (Å²) in [4.78, 5) is 0. The molecule has 2 nitrogen and oxygen atoms in total. The lowest BCUT2D eigenvalue weighted by Crippen LogP contribution is -2.53. The second kappa shape index (κ2) is 7.63. The van der Waals surface area contributed by atoms with Gasteiger partial charge in [-0.15, -0.1) is 0 Å². The molecule has 4 aliphatic carbocycles. The smallest absolute Gasteiger partial charge is 0.0543 e. The standard InChI is InChI=1S/C25H44O2/c1-4-19(26)7-5-6-17-9-11-22-21-10-8-18-16-20(27)12-14-25(18,3)23(21)13-15-24(17,22)2/h17-23,26-27H,4-16H2,1-3H3/t17?,18?,19?,20?,21-,22?,23?,24+,25?/m0/s1. The molecule has 0 aromatic heterocycles. The zero-order valence-electron chi connectivity index (χ0n) is 18.1. The molecule has 4 fully saturated rings. The van der Waals surface area contributed by atoms with Gasteiger partial charge in [0.2, 0.25) is 0 Å². The van der Waals surface area contributed by atoms with Gasteiger partial charge in [-0.2, -0.15) is 0 Å². The molecule has 0 amide bonds. The number of aliphatic hydroxyl groups is 2. The lowest BCUT2D eigenvalue weighted by molar-refractivity contribution is -0.127. The van der Waals surface area contributed by atoms with Gasteiger partial charge in [0.15, 0.2) is 0 Å². The Balaban J connectivity index is 1.44. The van der Waals surface area contributed by atoms with Crippen LogP contribution in [0.2, 0.25) is 0 Å². The first-order valence-electron chi connectivity index (χ1n) is 12.2. The first kappa shape index (κ1) is 20.2. The number of aliphatic hydroxyl groups excluding tert-OH is 2. The minimum atomic E-state index is -0.0809. The average Bonchev–Trinajstić information content (AvgIpc) is 2.99. The second-order valence-corrected chi connectivity index (χ2v) is 11.4. The van der Waals surface area contributed by atoms with Crippen LogP contribution < -0.4 is 0 Å². The van der Waals surface area contributed by atoms with Gasteiger partial charge in [-0.3, -0.25) is 0 Å². The van der Waals surface area contributed by atoms with Gasteiger partial charge in [0, 0.05) is 0 Å². The fourth-order valence-corrected chi connectivity index (χ4v) is 8.62. The van der Waals surface area contributed by atoms with Crippen LogP contribution >= 0.6 is 0 Å². The molecule has 4 aliphatic rings. The average molecular weight is 377 g/mol. The summed E-state index contributed by atoms with van der Waals surface area (Å²) in [6.07, 6.45) is 16.3. The van der Waals surface area contributed by atoms with E-state index in [1.54, 1.807) is 0 Å². The van der Waals surface area contributed by atoms with Crippen molar-refractivity contribution in [2.45, 2.75) is 116 Å². The zero-order valence-corrected chi connectivity index (χ0v) is 18.1. The van der Waals surface area contributed by atoms with Crippen LogP contribution in [0.1, 0.15) is 104 Å². The molecule has 7 unspecified atom stereocenters. The fraction of sp³-hybridized carbons (Fsp3) is 1.00. The third-order valence-electron chi connectivity index (χ3n) is 10.4. The molecule has 4 saturated carbocycles. The minimum Gasteiger partial charge on any atom is -0.393 e. The molecule has 0 aliphatic heterocycles.